The van der Waals surface area contributed by atoms with Crippen molar-refractivity contribution in [3.05, 3.63) is 35.5 Å². The molecule has 0 unspecified atom stereocenters. The minimum absolute atomic E-state index is 0.00173. The average Bonchev–Trinajstić information content (AvgIpc) is 2.77. The maximum atomic E-state index is 11.7. The van der Waals surface area contributed by atoms with Gasteiger partial charge in [0.25, 0.3) is 0 Å². The van der Waals surface area contributed by atoms with E-state index in [2.05, 4.69) is 6.92 Å². The van der Waals surface area contributed by atoms with E-state index in [0.717, 1.165) is 22.9 Å². The number of aromatic nitrogens is 1. The van der Waals surface area contributed by atoms with Crippen molar-refractivity contribution in [3.8, 4) is 0 Å². The van der Waals surface area contributed by atoms with E-state index in [-0.39, 0.29) is 18.3 Å². The van der Waals surface area contributed by atoms with E-state index >= 15 is 0 Å². The number of fused-ring (bicyclic) bond motifs is 1. The van der Waals surface area contributed by atoms with Crippen LogP contribution in [0.1, 0.15) is 29.8 Å². The Morgan fingerprint density at radius 3 is 2.63 bits per heavy atom. The van der Waals surface area contributed by atoms with Crippen molar-refractivity contribution in [3.63, 3.8) is 0 Å². The molecule has 4 nitrogen and oxygen atoms in total. The SMILES string of the molecule is CCc1cccc2c(C(C)=O)cn(CC(=O)OC)c12. The first-order valence-electron chi connectivity index (χ1n) is 6.27. The zero-order chi connectivity index (χ0) is 14.0. The number of ether oxygens (including phenoxy) is 1. The fraction of sp³-hybridized carbons (Fsp3) is 0.333. The summed E-state index contributed by atoms with van der Waals surface area (Å²) >= 11 is 0. The fourth-order valence-electron chi connectivity index (χ4n) is 2.33. The van der Waals surface area contributed by atoms with Gasteiger partial charge in [-0.05, 0) is 18.9 Å². The molecule has 1 aromatic heterocycles. The summed E-state index contributed by atoms with van der Waals surface area (Å²) in [6, 6.07) is 5.87. The lowest BCUT2D eigenvalue weighted by molar-refractivity contribution is -0.141. The lowest BCUT2D eigenvalue weighted by Crippen LogP contribution is -2.11. The number of hydrogen-bond acceptors (Lipinski definition) is 3. The molecular weight excluding hydrogens is 242 g/mol. The van der Waals surface area contributed by atoms with Gasteiger partial charge in [0.2, 0.25) is 0 Å². The van der Waals surface area contributed by atoms with Crippen molar-refractivity contribution in [1.29, 1.82) is 0 Å². The molecule has 0 aliphatic rings. The molecule has 0 N–H and O–H groups in total. The highest BCUT2D eigenvalue weighted by Crippen LogP contribution is 2.25. The summed E-state index contributed by atoms with van der Waals surface area (Å²) in [6.07, 6.45) is 2.59. The molecule has 4 heteroatoms. The summed E-state index contributed by atoms with van der Waals surface area (Å²) in [5.74, 6) is -0.320. The van der Waals surface area contributed by atoms with Gasteiger partial charge in [-0.15, -0.1) is 0 Å². The van der Waals surface area contributed by atoms with Crippen LogP contribution in [0.3, 0.4) is 0 Å². The Balaban J connectivity index is 2.68. The number of para-hydroxylation sites is 1. The smallest absolute Gasteiger partial charge is 0.325 e. The number of benzene rings is 1. The molecule has 0 aliphatic carbocycles. The predicted octanol–water partition coefficient (Wildman–Crippen LogP) is 2.58. The average molecular weight is 259 g/mol. The monoisotopic (exact) mass is 259 g/mol. The summed E-state index contributed by atoms with van der Waals surface area (Å²) in [4.78, 5) is 23.2. The number of hydrogen-bond donors (Lipinski definition) is 0. The topological polar surface area (TPSA) is 48.3 Å². The molecule has 0 saturated heterocycles. The van der Waals surface area contributed by atoms with Crippen molar-refractivity contribution in [1.82, 2.24) is 4.57 Å². The minimum Gasteiger partial charge on any atom is -0.468 e. The maximum absolute atomic E-state index is 11.7. The highest BCUT2D eigenvalue weighted by Gasteiger charge is 2.15. The van der Waals surface area contributed by atoms with Gasteiger partial charge in [0.05, 0.1) is 12.6 Å². The van der Waals surface area contributed by atoms with Crippen LogP contribution in [0.5, 0.6) is 0 Å². The zero-order valence-corrected chi connectivity index (χ0v) is 11.4. The number of aryl methyl sites for hydroxylation is 1. The van der Waals surface area contributed by atoms with Crippen molar-refractivity contribution < 1.29 is 14.3 Å². The van der Waals surface area contributed by atoms with E-state index in [1.807, 2.05) is 18.2 Å². The van der Waals surface area contributed by atoms with E-state index in [0.29, 0.717) is 5.56 Å². The van der Waals surface area contributed by atoms with Crippen LogP contribution < -0.4 is 0 Å². The second kappa shape index (κ2) is 5.26. The number of carbonyl (C=O) groups excluding carboxylic acids is 2. The van der Waals surface area contributed by atoms with Crippen LogP contribution >= 0.6 is 0 Å². The Hall–Kier alpha value is -2.10. The molecule has 0 spiro atoms. The minimum atomic E-state index is -0.321. The quantitative estimate of drug-likeness (QED) is 0.626. The lowest BCUT2D eigenvalue weighted by Gasteiger charge is -2.07. The highest BCUT2D eigenvalue weighted by atomic mass is 16.5. The van der Waals surface area contributed by atoms with E-state index in [4.69, 9.17) is 4.74 Å². The molecule has 0 atom stereocenters. The Bertz CT molecular complexity index is 640. The van der Waals surface area contributed by atoms with Gasteiger partial charge in [-0.2, -0.15) is 0 Å². The molecule has 0 saturated carbocycles. The van der Waals surface area contributed by atoms with Gasteiger partial charge in [0, 0.05) is 17.1 Å². The Morgan fingerprint density at radius 2 is 2.05 bits per heavy atom. The van der Waals surface area contributed by atoms with Gasteiger partial charge in [-0.3, -0.25) is 9.59 Å². The molecule has 0 aliphatic heterocycles. The molecule has 0 bridgehead atoms. The third-order valence-corrected chi connectivity index (χ3v) is 3.27. The number of Topliss-reactive ketones (excluding diaryl/α,β-unsaturated/α-hetero) is 1. The molecular formula is C15H17NO3. The molecule has 1 aromatic carbocycles. The number of ketones is 1. The van der Waals surface area contributed by atoms with E-state index in [1.54, 1.807) is 10.8 Å². The number of rotatable bonds is 4. The summed E-state index contributed by atoms with van der Waals surface area (Å²) in [5.41, 5.74) is 2.71. The Kier molecular flexibility index (Phi) is 3.69. The van der Waals surface area contributed by atoms with Crippen molar-refractivity contribution >= 4 is 22.7 Å². The summed E-state index contributed by atoms with van der Waals surface area (Å²) in [6.45, 7) is 3.71. The molecule has 0 amide bonds. The normalized spacial score (nSPS) is 10.7. The molecule has 100 valence electrons. The molecule has 1 heterocycles. The van der Waals surface area contributed by atoms with Crippen molar-refractivity contribution in [2.75, 3.05) is 7.11 Å². The maximum Gasteiger partial charge on any atom is 0.325 e. The van der Waals surface area contributed by atoms with Crippen LogP contribution in [0.4, 0.5) is 0 Å². The first-order valence-corrected chi connectivity index (χ1v) is 6.27. The van der Waals surface area contributed by atoms with Crippen LogP contribution in [0.25, 0.3) is 10.9 Å². The first-order chi connectivity index (χ1) is 9.08. The van der Waals surface area contributed by atoms with Gasteiger partial charge in [-0.1, -0.05) is 25.1 Å². The first kappa shape index (κ1) is 13.3. The van der Waals surface area contributed by atoms with Gasteiger partial charge in [-0.25, -0.2) is 0 Å². The zero-order valence-electron chi connectivity index (χ0n) is 11.4. The second-order valence-electron chi connectivity index (χ2n) is 4.47. The van der Waals surface area contributed by atoms with E-state index in [1.165, 1.54) is 14.0 Å². The predicted molar refractivity (Wildman–Crippen MR) is 73.3 cm³/mol. The van der Waals surface area contributed by atoms with Crippen LogP contribution in [0.2, 0.25) is 0 Å². The van der Waals surface area contributed by atoms with Crippen LogP contribution in [-0.2, 0) is 22.5 Å². The van der Waals surface area contributed by atoms with Crippen molar-refractivity contribution in [2.24, 2.45) is 0 Å². The van der Waals surface area contributed by atoms with Crippen LogP contribution in [-0.4, -0.2) is 23.4 Å². The second-order valence-corrected chi connectivity index (χ2v) is 4.47. The number of methoxy groups -OCH3 is 1. The van der Waals surface area contributed by atoms with Gasteiger partial charge in [0.1, 0.15) is 6.54 Å². The third-order valence-electron chi connectivity index (χ3n) is 3.27. The largest absolute Gasteiger partial charge is 0.468 e. The van der Waals surface area contributed by atoms with Crippen molar-refractivity contribution in [2.45, 2.75) is 26.8 Å². The number of esters is 1. The van der Waals surface area contributed by atoms with E-state index < -0.39 is 0 Å². The Morgan fingerprint density at radius 1 is 1.32 bits per heavy atom. The molecule has 19 heavy (non-hydrogen) atoms. The number of nitrogens with zero attached hydrogens (tertiary/aromatic N) is 1. The molecule has 2 aromatic rings. The van der Waals surface area contributed by atoms with Gasteiger partial charge >= 0.3 is 5.97 Å². The number of carbonyl (C=O) groups is 2. The summed E-state index contributed by atoms with van der Waals surface area (Å²) in [7, 11) is 1.36. The molecule has 0 radical (unpaired) electrons. The van der Waals surface area contributed by atoms with E-state index in [9.17, 15) is 9.59 Å². The fourth-order valence-corrected chi connectivity index (χ4v) is 2.33. The summed E-state index contributed by atoms with van der Waals surface area (Å²) < 4.78 is 6.50. The molecule has 2 rings (SSSR count). The third kappa shape index (κ3) is 2.38. The lowest BCUT2D eigenvalue weighted by atomic mass is 10.1. The highest BCUT2D eigenvalue weighted by molar-refractivity contribution is 6.07. The van der Waals surface area contributed by atoms with Gasteiger partial charge < -0.3 is 9.30 Å². The van der Waals surface area contributed by atoms with Crippen LogP contribution in [0.15, 0.2) is 24.4 Å². The Labute approximate surface area is 112 Å². The summed E-state index contributed by atoms with van der Waals surface area (Å²) in [5, 5.41) is 0.899. The van der Waals surface area contributed by atoms with Crippen LogP contribution in [0, 0.1) is 0 Å². The standard InChI is InChI=1S/C15H17NO3/c1-4-11-6-5-7-12-13(10(2)17)8-16(15(11)12)9-14(18)19-3/h5-8H,4,9H2,1-3H3. The van der Waals surface area contributed by atoms with Gasteiger partial charge in [0.15, 0.2) is 5.78 Å². The molecule has 0 fully saturated rings.